The van der Waals surface area contributed by atoms with E-state index in [-0.39, 0.29) is 11.7 Å². The van der Waals surface area contributed by atoms with E-state index in [1.807, 2.05) is 60.0 Å². The minimum atomic E-state index is -0.319. The Morgan fingerprint density at radius 3 is 2.50 bits per heavy atom. The highest BCUT2D eigenvalue weighted by Crippen LogP contribution is 2.28. The predicted molar refractivity (Wildman–Crippen MR) is 167 cm³/mol. The largest absolute Gasteiger partial charge is 0.488 e. The zero-order valence-corrected chi connectivity index (χ0v) is 24.5. The minimum Gasteiger partial charge on any atom is -0.488 e. The topological polar surface area (TPSA) is 75.6 Å². The summed E-state index contributed by atoms with van der Waals surface area (Å²) in [6.07, 6.45) is 1.57. The van der Waals surface area contributed by atoms with Crippen molar-refractivity contribution in [3.8, 4) is 17.0 Å². The molecule has 0 atom stereocenters. The van der Waals surface area contributed by atoms with E-state index in [0.29, 0.717) is 22.9 Å². The van der Waals surface area contributed by atoms with Crippen LogP contribution in [0.2, 0.25) is 5.02 Å². The first kappa shape index (κ1) is 27.8. The summed E-state index contributed by atoms with van der Waals surface area (Å²) in [5, 5.41) is 10.7. The van der Waals surface area contributed by atoms with Gasteiger partial charge in [0, 0.05) is 27.2 Å². The minimum absolute atomic E-state index is 0.278. The van der Waals surface area contributed by atoms with Crippen molar-refractivity contribution in [3.63, 3.8) is 0 Å². The Hall–Kier alpha value is -3.80. The lowest BCUT2D eigenvalue weighted by Crippen LogP contribution is -2.17. The van der Waals surface area contributed by atoms with Gasteiger partial charge in [-0.2, -0.15) is 5.10 Å². The van der Waals surface area contributed by atoms with Crippen molar-refractivity contribution in [2.75, 3.05) is 5.32 Å². The Morgan fingerprint density at radius 1 is 1.02 bits per heavy atom. The first-order chi connectivity index (χ1) is 19.4. The van der Waals surface area contributed by atoms with E-state index in [1.54, 1.807) is 30.5 Å². The Bertz CT molecular complexity index is 1640. The van der Waals surface area contributed by atoms with Gasteiger partial charge >= 0.3 is 0 Å². The fraction of sp³-hybridized carbons (Fsp3) is 0.0333. The number of benzene rings is 4. The molecule has 5 rings (SSSR count). The number of aromatic nitrogens is 1. The van der Waals surface area contributed by atoms with Crippen LogP contribution in [0.15, 0.2) is 101 Å². The lowest BCUT2D eigenvalue weighted by Gasteiger charge is -2.09. The summed E-state index contributed by atoms with van der Waals surface area (Å²) in [6.45, 7) is 0.336. The first-order valence-corrected chi connectivity index (χ1v) is 14.4. The molecule has 40 heavy (non-hydrogen) atoms. The molecular weight excluding hydrogens is 662 g/mol. The van der Waals surface area contributed by atoms with Gasteiger partial charge < -0.3 is 10.1 Å². The summed E-state index contributed by atoms with van der Waals surface area (Å²) in [4.78, 5) is 17.2. The molecule has 1 amide bonds. The molecule has 0 spiro atoms. The molecule has 0 aliphatic heterocycles. The molecule has 2 N–H and O–H groups in total. The molecule has 0 radical (unpaired) electrons. The molecule has 6 nitrogen and oxygen atoms in total. The molecule has 0 saturated heterocycles. The Morgan fingerprint density at radius 2 is 1.77 bits per heavy atom. The molecule has 0 saturated carbocycles. The molecule has 1 heterocycles. The third kappa shape index (κ3) is 7.44. The summed E-state index contributed by atoms with van der Waals surface area (Å²) < 4.78 is 19.8. The molecule has 0 aliphatic carbocycles. The van der Waals surface area contributed by atoms with Gasteiger partial charge in [-0.25, -0.2) is 14.8 Å². The molecule has 5 aromatic rings. The molecule has 0 bridgehead atoms. The second-order valence-corrected chi connectivity index (χ2v) is 11.0. The van der Waals surface area contributed by atoms with Crippen molar-refractivity contribution in [2.45, 2.75) is 6.61 Å². The van der Waals surface area contributed by atoms with Gasteiger partial charge in [-0.3, -0.25) is 4.79 Å². The number of hydrogen-bond acceptors (Lipinski definition) is 6. The van der Waals surface area contributed by atoms with Crippen LogP contribution in [0.5, 0.6) is 5.75 Å². The number of nitrogens with one attached hydrogen (secondary N) is 2. The van der Waals surface area contributed by atoms with Crippen molar-refractivity contribution in [3.05, 3.63) is 127 Å². The first-order valence-electron chi connectivity index (χ1n) is 12.0. The number of rotatable bonds is 9. The van der Waals surface area contributed by atoms with Gasteiger partial charge in [0.15, 0.2) is 5.13 Å². The predicted octanol–water partition coefficient (Wildman–Crippen LogP) is 8.29. The second-order valence-electron chi connectivity index (χ2n) is 8.55. The summed E-state index contributed by atoms with van der Waals surface area (Å²) in [6, 6.07) is 26.4. The van der Waals surface area contributed by atoms with Crippen LogP contribution < -0.4 is 15.5 Å². The number of carbonyl (C=O) groups is 1. The average Bonchev–Trinajstić information content (AvgIpc) is 3.43. The van der Waals surface area contributed by atoms with Crippen LogP contribution in [0, 0.1) is 9.39 Å². The van der Waals surface area contributed by atoms with Gasteiger partial charge in [0.05, 0.1) is 15.5 Å². The smallest absolute Gasteiger partial charge is 0.271 e. The van der Waals surface area contributed by atoms with Crippen molar-refractivity contribution < 1.29 is 13.9 Å². The number of anilines is 2. The van der Waals surface area contributed by atoms with E-state index < -0.39 is 0 Å². The van der Waals surface area contributed by atoms with Gasteiger partial charge in [0.25, 0.3) is 5.91 Å². The van der Waals surface area contributed by atoms with Crippen molar-refractivity contribution in [2.24, 2.45) is 5.10 Å². The summed E-state index contributed by atoms with van der Waals surface area (Å²) in [5.74, 6) is 0.110. The third-order valence-electron chi connectivity index (χ3n) is 5.69. The van der Waals surface area contributed by atoms with E-state index >= 15 is 0 Å². The number of carbonyl (C=O) groups excluding carboxylic acids is 1. The zero-order valence-electron chi connectivity index (χ0n) is 20.8. The molecule has 10 heteroatoms. The summed E-state index contributed by atoms with van der Waals surface area (Å²) in [7, 11) is 0. The van der Waals surface area contributed by atoms with Crippen LogP contribution in [-0.4, -0.2) is 17.1 Å². The number of ether oxygens (including phenoxy) is 1. The van der Waals surface area contributed by atoms with Crippen LogP contribution in [0.1, 0.15) is 21.5 Å². The van der Waals surface area contributed by atoms with Gasteiger partial charge in [-0.1, -0.05) is 35.9 Å². The zero-order chi connectivity index (χ0) is 27.9. The number of halogens is 3. The molecule has 200 valence electrons. The van der Waals surface area contributed by atoms with Crippen LogP contribution in [0.25, 0.3) is 11.3 Å². The summed E-state index contributed by atoms with van der Waals surface area (Å²) in [5.41, 5.74) is 7.34. The van der Waals surface area contributed by atoms with E-state index in [1.165, 1.54) is 23.5 Å². The Kier molecular flexibility index (Phi) is 9.04. The van der Waals surface area contributed by atoms with E-state index in [2.05, 4.69) is 43.4 Å². The van der Waals surface area contributed by atoms with Gasteiger partial charge in [-0.05, 0) is 100 Å². The number of amides is 1. The maximum Gasteiger partial charge on any atom is 0.271 e. The maximum atomic E-state index is 13.1. The van der Waals surface area contributed by atoms with E-state index in [4.69, 9.17) is 16.3 Å². The Balaban J connectivity index is 1.14. The quantitative estimate of drug-likeness (QED) is 0.0932. The Labute approximate surface area is 253 Å². The summed E-state index contributed by atoms with van der Waals surface area (Å²) >= 11 is 9.61. The third-order valence-corrected chi connectivity index (χ3v) is 7.54. The SMILES string of the molecule is O=C(N/N=C\c1ccc(OCc2ccc(F)cc2)c(I)c1)c1ccc(-c2csc(Nc3ccc(Cl)cc3)n2)cc1. The van der Waals surface area contributed by atoms with Crippen molar-refractivity contribution in [1.82, 2.24) is 10.4 Å². The molecule has 0 aliphatic rings. The van der Waals surface area contributed by atoms with Crippen LogP contribution >= 0.6 is 45.5 Å². The van der Waals surface area contributed by atoms with Gasteiger partial charge in [0.2, 0.25) is 0 Å². The molecular formula is C30H21ClFIN4O2S. The highest BCUT2D eigenvalue weighted by molar-refractivity contribution is 14.1. The standard InChI is InChI=1S/C30H21ClFIN4O2S/c31-23-8-12-25(13-9-23)35-30-36-27(18-40-30)21-4-6-22(7-5-21)29(38)37-34-16-20-3-14-28(26(33)15-20)39-17-19-1-10-24(32)11-2-19/h1-16,18H,17H2,(H,35,36)(H,37,38)/b34-16-. The average molecular weight is 683 g/mol. The molecule has 0 unspecified atom stereocenters. The maximum absolute atomic E-state index is 13.1. The van der Waals surface area contributed by atoms with E-state index in [0.717, 1.165) is 36.8 Å². The van der Waals surface area contributed by atoms with Gasteiger partial charge in [-0.15, -0.1) is 11.3 Å². The van der Waals surface area contributed by atoms with E-state index in [9.17, 15) is 9.18 Å². The fourth-order valence-electron chi connectivity index (χ4n) is 3.60. The van der Waals surface area contributed by atoms with Crippen molar-refractivity contribution >= 4 is 68.5 Å². The number of hydrogen-bond donors (Lipinski definition) is 2. The normalized spacial score (nSPS) is 11.0. The van der Waals surface area contributed by atoms with Gasteiger partial charge in [0.1, 0.15) is 18.2 Å². The lowest BCUT2D eigenvalue weighted by molar-refractivity contribution is 0.0955. The molecule has 4 aromatic carbocycles. The number of thiazole rings is 1. The monoisotopic (exact) mass is 682 g/mol. The van der Waals surface area contributed by atoms with Crippen LogP contribution in [0.4, 0.5) is 15.2 Å². The van der Waals surface area contributed by atoms with Crippen LogP contribution in [-0.2, 0) is 6.61 Å². The number of nitrogens with zero attached hydrogens (tertiary/aromatic N) is 2. The molecule has 0 fully saturated rings. The second kappa shape index (κ2) is 13.0. The highest BCUT2D eigenvalue weighted by atomic mass is 127. The molecule has 1 aromatic heterocycles. The number of hydrazone groups is 1. The van der Waals surface area contributed by atoms with Crippen LogP contribution in [0.3, 0.4) is 0 Å². The fourth-order valence-corrected chi connectivity index (χ4v) is 5.16. The highest BCUT2D eigenvalue weighted by Gasteiger charge is 2.09. The van der Waals surface area contributed by atoms with Crippen molar-refractivity contribution in [1.29, 1.82) is 0 Å². The lowest BCUT2D eigenvalue weighted by atomic mass is 10.1.